The van der Waals surface area contributed by atoms with Gasteiger partial charge in [-0.3, -0.25) is 0 Å². The van der Waals surface area contributed by atoms with Gasteiger partial charge in [0.25, 0.3) is 0 Å². The van der Waals surface area contributed by atoms with Crippen LogP contribution >= 0.6 is 23.8 Å². The summed E-state index contributed by atoms with van der Waals surface area (Å²) in [6, 6.07) is 7.15. The van der Waals surface area contributed by atoms with Crippen molar-refractivity contribution < 1.29 is 0 Å². The van der Waals surface area contributed by atoms with Crippen molar-refractivity contribution in [1.82, 2.24) is 0 Å². The minimum atomic E-state index is 0. The zero-order valence-electron chi connectivity index (χ0n) is 5.67. The molecule has 1 rings (SSSR count). The van der Waals surface area contributed by atoms with Gasteiger partial charge >= 0.3 is 29.6 Å². The Bertz CT molecular complexity index is 263. The Balaban J connectivity index is 0.00000121. The molecule has 0 saturated heterocycles. The number of hydrogen-bond donors (Lipinski definition) is 2. The summed E-state index contributed by atoms with van der Waals surface area (Å²) in [5, 5.41) is 3.73. The third-order valence-electron chi connectivity index (χ3n) is 1.11. The molecule has 0 saturated carbocycles. The van der Waals surface area contributed by atoms with E-state index in [1.165, 1.54) is 0 Å². The number of anilines is 1. The predicted molar refractivity (Wildman–Crippen MR) is 59.0 cm³/mol. The summed E-state index contributed by atoms with van der Waals surface area (Å²) < 4.78 is 0. The SMILES string of the molecule is NC(=S)Nc1ccc(Cl)cc1.[NaH]. The molecule has 0 radical (unpaired) electrons. The average molecular weight is 211 g/mol. The van der Waals surface area contributed by atoms with Crippen LogP contribution in [0.25, 0.3) is 0 Å². The number of rotatable bonds is 1. The molecule has 0 bridgehead atoms. The molecule has 0 atom stereocenters. The first-order chi connectivity index (χ1) is 5.18. The fourth-order valence-electron chi connectivity index (χ4n) is 0.675. The van der Waals surface area contributed by atoms with Gasteiger partial charge in [0, 0.05) is 10.7 Å². The van der Waals surface area contributed by atoms with Gasteiger partial charge in [0.05, 0.1) is 0 Å². The molecule has 0 heterocycles. The number of nitrogens with two attached hydrogens (primary N) is 1. The van der Waals surface area contributed by atoms with E-state index >= 15 is 0 Å². The molecule has 0 spiro atoms. The molecule has 0 aromatic heterocycles. The molecule has 0 unspecified atom stereocenters. The van der Waals surface area contributed by atoms with Crippen molar-refractivity contribution in [3.8, 4) is 0 Å². The molecule has 1 aromatic carbocycles. The summed E-state index contributed by atoms with van der Waals surface area (Å²) in [4.78, 5) is 0. The molecule has 0 aliphatic heterocycles. The summed E-state index contributed by atoms with van der Waals surface area (Å²) in [5.41, 5.74) is 6.10. The van der Waals surface area contributed by atoms with Crippen molar-refractivity contribution in [3.05, 3.63) is 29.3 Å². The Labute approximate surface area is 104 Å². The molecule has 0 fully saturated rings. The van der Waals surface area contributed by atoms with Crippen molar-refractivity contribution >= 4 is 64.2 Å². The molecule has 1 aromatic rings. The second-order valence-corrected chi connectivity index (χ2v) is 2.87. The Morgan fingerprint density at radius 3 is 2.25 bits per heavy atom. The van der Waals surface area contributed by atoms with Crippen LogP contribution in [0, 0.1) is 0 Å². The Kier molecular flexibility index (Phi) is 5.88. The van der Waals surface area contributed by atoms with Gasteiger partial charge in [-0.25, -0.2) is 0 Å². The first-order valence-corrected chi connectivity index (χ1v) is 3.79. The number of benzene rings is 1. The molecular formula is C7H8ClN2NaS. The number of hydrogen-bond acceptors (Lipinski definition) is 1. The standard InChI is InChI=1S/C7H7ClN2S.Na.H/c8-5-1-3-6(4-2-5)10-7(9)11;;/h1-4H,(H3,9,10,11);;. The van der Waals surface area contributed by atoms with Crippen LogP contribution in [-0.4, -0.2) is 34.7 Å². The minimum absolute atomic E-state index is 0. The van der Waals surface area contributed by atoms with Crippen LogP contribution in [0.3, 0.4) is 0 Å². The molecule has 12 heavy (non-hydrogen) atoms. The number of nitrogens with one attached hydrogen (secondary N) is 1. The Morgan fingerprint density at radius 2 is 1.83 bits per heavy atom. The maximum absolute atomic E-state index is 5.66. The predicted octanol–water partition coefficient (Wildman–Crippen LogP) is 1.35. The van der Waals surface area contributed by atoms with E-state index in [0.717, 1.165) is 5.69 Å². The maximum atomic E-state index is 5.66. The van der Waals surface area contributed by atoms with E-state index < -0.39 is 0 Å². The van der Waals surface area contributed by atoms with Gasteiger partial charge in [0.2, 0.25) is 0 Å². The number of halogens is 1. The van der Waals surface area contributed by atoms with Crippen molar-refractivity contribution in [2.75, 3.05) is 5.32 Å². The summed E-state index contributed by atoms with van der Waals surface area (Å²) >= 11 is 10.3. The average Bonchev–Trinajstić information content (AvgIpc) is 1.93. The monoisotopic (exact) mass is 210 g/mol. The van der Waals surface area contributed by atoms with Gasteiger partial charge in [-0.05, 0) is 36.5 Å². The van der Waals surface area contributed by atoms with Crippen molar-refractivity contribution in [2.45, 2.75) is 0 Å². The van der Waals surface area contributed by atoms with Crippen LogP contribution in [0.1, 0.15) is 0 Å². The van der Waals surface area contributed by atoms with Gasteiger partial charge in [-0.15, -0.1) is 0 Å². The van der Waals surface area contributed by atoms with E-state index in [0.29, 0.717) is 5.02 Å². The third-order valence-corrected chi connectivity index (χ3v) is 1.47. The van der Waals surface area contributed by atoms with Crippen LogP contribution in [0.4, 0.5) is 5.69 Å². The van der Waals surface area contributed by atoms with Crippen LogP contribution in [0.5, 0.6) is 0 Å². The van der Waals surface area contributed by atoms with Crippen LogP contribution in [-0.2, 0) is 0 Å². The van der Waals surface area contributed by atoms with Gasteiger partial charge < -0.3 is 11.1 Å². The molecular weight excluding hydrogens is 203 g/mol. The second kappa shape index (κ2) is 5.78. The molecule has 0 aliphatic rings. The van der Waals surface area contributed by atoms with E-state index in [-0.39, 0.29) is 34.7 Å². The van der Waals surface area contributed by atoms with Crippen molar-refractivity contribution in [1.29, 1.82) is 0 Å². The van der Waals surface area contributed by atoms with E-state index in [4.69, 9.17) is 17.3 Å². The first-order valence-electron chi connectivity index (χ1n) is 3.00. The summed E-state index contributed by atoms with van der Waals surface area (Å²) in [7, 11) is 0. The van der Waals surface area contributed by atoms with Gasteiger partial charge in [0.15, 0.2) is 5.11 Å². The zero-order valence-corrected chi connectivity index (χ0v) is 7.25. The van der Waals surface area contributed by atoms with E-state index in [2.05, 4.69) is 17.5 Å². The van der Waals surface area contributed by atoms with Gasteiger partial charge in [-0.2, -0.15) is 0 Å². The summed E-state index contributed by atoms with van der Waals surface area (Å²) in [5.74, 6) is 0. The second-order valence-electron chi connectivity index (χ2n) is 2.00. The fourth-order valence-corrected chi connectivity index (χ4v) is 0.919. The Morgan fingerprint density at radius 1 is 1.33 bits per heavy atom. The van der Waals surface area contributed by atoms with Crippen LogP contribution in [0.2, 0.25) is 5.02 Å². The topological polar surface area (TPSA) is 38.0 Å². The summed E-state index contributed by atoms with van der Waals surface area (Å²) in [6.45, 7) is 0. The zero-order chi connectivity index (χ0) is 8.27. The van der Waals surface area contributed by atoms with Crippen molar-refractivity contribution in [3.63, 3.8) is 0 Å². The van der Waals surface area contributed by atoms with E-state index in [1.54, 1.807) is 12.1 Å². The summed E-state index contributed by atoms with van der Waals surface area (Å²) in [6.07, 6.45) is 0. The fraction of sp³-hybridized carbons (Fsp3) is 0. The molecule has 0 aliphatic carbocycles. The molecule has 2 nitrogen and oxygen atoms in total. The van der Waals surface area contributed by atoms with E-state index in [9.17, 15) is 0 Å². The van der Waals surface area contributed by atoms with Gasteiger partial charge in [0.1, 0.15) is 0 Å². The third kappa shape index (κ3) is 4.28. The first kappa shape index (κ1) is 12.2. The number of thiocarbonyl (C=S) groups is 1. The Hall–Kier alpha value is 0.200. The normalized spacial score (nSPS) is 8.42. The molecule has 5 heteroatoms. The van der Waals surface area contributed by atoms with Crippen molar-refractivity contribution in [2.24, 2.45) is 5.73 Å². The quantitative estimate of drug-likeness (QED) is 0.543. The van der Waals surface area contributed by atoms with Crippen LogP contribution < -0.4 is 11.1 Å². The molecule has 60 valence electrons. The molecule has 0 amide bonds. The van der Waals surface area contributed by atoms with E-state index in [1.807, 2.05) is 12.1 Å². The van der Waals surface area contributed by atoms with Crippen LogP contribution in [0.15, 0.2) is 24.3 Å². The molecule has 3 N–H and O–H groups in total. The van der Waals surface area contributed by atoms with Gasteiger partial charge in [-0.1, -0.05) is 11.6 Å².